The summed E-state index contributed by atoms with van der Waals surface area (Å²) in [6.07, 6.45) is 3.15. The Labute approximate surface area is 204 Å². The zero-order chi connectivity index (χ0) is 24.9. The molecule has 0 aromatic heterocycles. The van der Waals surface area contributed by atoms with E-state index in [1.807, 2.05) is 13.0 Å². The van der Waals surface area contributed by atoms with Gasteiger partial charge in [0.2, 0.25) is 0 Å². The number of aliphatic hydroxyl groups excluding tert-OH is 1. The number of aryl methyl sites for hydroxylation is 1. The summed E-state index contributed by atoms with van der Waals surface area (Å²) in [6.45, 7) is 4.61. The van der Waals surface area contributed by atoms with Gasteiger partial charge in [-0.3, -0.25) is 14.5 Å². The van der Waals surface area contributed by atoms with Gasteiger partial charge in [-0.05, 0) is 73.0 Å². The topological polar surface area (TPSA) is 66.8 Å². The fourth-order valence-corrected chi connectivity index (χ4v) is 4.24. The standard InChI is InChI=1S/C29H28FNO4/c1-3-4-5-17-35-24-15-11-21(12-16-24)27(32)25-26(20-9-13-22(30)14-10-20)31(29(34)28(25)33)23-8-6-7-19(2)18-23/h6-16,18,26,32H,3-5,17H2,1-2H3/b27-25+. The lowest BCUT2D eigenvalue weighted by atomic mass is 9.95. The predicted molar refractivity (Wildman–Crippen MR) is 134 cm³/mol. The molecule has 1 atom stereocenters. The summed E-state index contributed by atoms with van der Waals surface area (Å²) in [5, 5.41) is 11.2. The zero-order valence-electron chi connectivity index (χ0n) is 19.8. The Bertz CT molecular complexity index is 1250. The molecule has 1 fully saturated rings. The fraction of sp³-hybridized carbons (Fsp3) is 0.241. The Morgan fingerprint density at radius 3 is 2.37 bits per heavy atom. The quantitative estimate of drug-likeness (QED) is 0.180. The molecule has 180 valence electrons. The maximum atomic E-state index is 13.7. The SMILES string of the molecule is CCCCCOc1ccc(/C(O)=C2\C(=O)C(=O)N(c3cccc(C)c3)C2c2ccc(F)cc2)cc1. The second-order valence-corrected chi connectivity index (χ2v) is 8.64. The van der Waals surface area contributed by atoms with Crippen LogP contribution in [0.25, 0.3) is 5.76 Å². The lowest BCUT2D eigenvalue weighted by molar-refractivity contribution is -0.132. The van der Waals surface area contributed by atoms with Gasteiger partial charge in [0.1, 0.15) is 17.3 Å². The minimum absolute atomic E-state index is 0.0419. The van der Waals surface area contributed by atoms with E-state index < -0.39 is 23.5 Å². The number of hydrogen-bond donors (Lipinski definition) is 1. The van der Waals surface area contributed by atoms with Gasteiger partial charge in [-0.1, -0.05) is 44.0 Å². The molecule has 3 aromatic carbocycles. The minimum Gasteiger partial charge on any atom is -0.507 e. The number of carbonyl (C=O) groups is 2. The highest BCUT2D eigenvalue weighted by molar-refractivity contribution is 6.51. The molecule has 3 aromatic rings. The van der Waals surface area contributed by atoms with Crippen LogP contribution in [-0.2, 0) is 9.59 Å². The van der Waals surface area contributed by atoms with Gasteiger partial charge in [0, 0.05) is 11.3 Å². The average molecular weight is 474 g/mol. The zero-order valence-corrected chi connectivity index (χ0v) is 19.8. The number of halogens is 1. The summed E-state index contributed by atoms with van der Waals surface area (Å²) in [7, 11) is 0. The molecular formula is C29H28FNO4. The molecule has 0 aliphatic carbocycles. The van der Waals surface area contributed by atoms with Crippen molar-refractivity contribution in [2.45, 2.75) is 39.2 Å². The number of carbonyl (C=O) groups excluding carboxylic acids is 2. The average Bonchev–Trinajstić information content (AvgIpc) is 3.12. The van der Waals surface area contributed by atoms with Gasteiger partial charge in [0.25, 0.3) is 11.7 Å². The first-order chi connectivity index (χ1) is 16.9. The first-order valence-electron chi connectivity index (χ1n) is 11.8. The van der Waals surface area contributed by atoms with Gasteiger partial charge in [-0.25, -0.2) is 4.39 Å². The third-order valence-corrected chi connectivity index (χ3v) is 6.05. The highest BCUT2D eigenvalue weighted by Crippen LogP contribution is 2.42. The number of unbranched alkanes of at least 4 members (excludes halogenated alkanes) is 2. The number of ether oxygens (including phenoxy) is 1. The molecule has 1 N–H and O–H groups in total. The van der Waals surface area contributed by atoms with Crippen LogP contribution in [0.5, 0.6) is 5.75 Å². The second-order valence-electron chi connectivity index (χ2n) is 8.64. The van der Waals surface area contributed by atoms with Crippen LogP contribution in [0.4, 0.5) is 10.1 Å². The molecule has 6 heteroatoms. The van der Waals surface area contributed by atoms with Crippen LogP contribution in [0.2, 0.25) is 0 Å². The molecule has 4 rings (SSSR count). The minimum atomic E-state index is -0.901. The summed E-state index contributed by atoms with van der Waals surface area (Å²) >= 11 is 0. The van der Waals surface area contributed by atoms with Crippen molar-refractivity contribution in [1.82, 2.24) is 0 Å². The van der Waals surface area contributed by atoms with Crippen molar-refractivity contribution in [3.63, 3.8) is 0 Å². The normalized spacial score (nSPS) is 17.1. The lowest BCUT2D eigenvalue weighted by Gasteiger charge is -2.25. The van der Waals surface area contributed by atoms with E-state index in [9.17, 15) is 19.1 Å². The summed E-state index contributed by atoms with van der Waals surface area (Å²) in [4.78, 5) is 27.7. The van der Waals surface area contributed by atoms with Crippen molar-refractivity contribution in [1.29, 1.82) is 0 Å². The number of amides is 1. The second kappa shape index (κ2) is 10.6. The van der Waals surface area contributed by atoms with Gasteiger partial charge in [-0.2, -0.15) is 0 Å². The third kappa shape index (κ3) is 5.11. The van der Waals surface area contributed by atoms with Gasteiger partial charge >= 0.3 is 0 Å². The molecule has 1 heterocycles. The van der Waals surface area contributed by atoms with Gasteiger partial charge in [0.15, 0.2) is 0 Å². The molecule has 0 spiro atoms. The molecule has 0 saturated carbocycles. The molecule has 1 saturated heterocycles. The molecule has 0 bridgehead atoms. The number of aliphatic hydroxyl groups is 1. The highest BCUT2D eigenvalue weighted by Gasteiger charge is 2.47. The van der Waals surface area contributed by atoms with E-state index in [2.05, 4.69) is 6.92 Å². The molecule has 1 aliphatic heterocycles. The Morgan fingerprint density at radius 1 is 1.00 bits per heavy atom. The lowest BCUT2D eigenvalue weighted by Crippen LogP contribution is -2.29. The van der Waals surface area contributed by atoms with Crippen molar-refractivity contribution in [3.05, 3.63) is 101 Å². The summed E-state index contributed by atoms with van der Waals surface area (Å²) < 4.78 is 19.4. The molecule has 35 heavy (non-hydrogen) atoms. The Morgan fingerprint density at radius 2 is 1.71 bits per heavy atom. The van der Waals surface area contributed by atoms with Crippen LogP contribution in [0.1, 0.15) is 48.9 Å². The molecular weight excluding hydrogens is 445 g/mol. The molecule has 0 radical (unpaired) electrons. The van der Waals surface area contributed by atoms with Crippen molar-refractivity contribution in [2.75, 3.05) is 11.5 Å². The van der Waals surface area contributed by atoms with E-state index >= 15 is 0 Å². The van der Waals surface area contributed by atoms with E-state index in [1.54, 1.807) is 42.5 Å². The molecule has 1 unspecified atom stereocenters. The molecule has 1 amide bonds. The van der Waals surface area contributed by atoms with E-state index in [0.29, 0.717) is 29.2 Å². The predicted octanol–water partition coefficient (Wildman–Crippen LogP) is 6.33. The smallest absolute Gasteiger partial charge is 0.300 e. The van der Waals surface area contributed by atoms with E-state index in [1.165, 1.54) is 29.2 Å². The number of hydrogen-bond acceptors (Lipinski definition) is 4. The maximum Gasteiger partial charge on any atom is 0.300 e. The van der Waals surface area contributed by atoms with Gasteiger partial charge in [0.05, 0.1) is 18.2 Å². The number of ketones is 1. The third-order valence-electron chi connectivity index (χ3n) is 6.05. The van der Waals surface area contributed by atoms with E-state index in [4.69, 9.17) is 4.74 Å². The Kier molecular flexibility index (Phi) is 7.30. The fourth-order valence-electron chi connectivity index (χ4n) is 4.24. The maximum absolute atomic E-state index is 13.7. The van der Waals surface area contributed by atoms with E-state index in [-0.39, 0.29) is 11.3 Å². The van der Waals surface area contributed by atoms with Crippen LogP contribution in [0.15, 0.2) is 78.4 Å². The van der Waals surface area contributed by atoms with Crippen molar-refractivity contribution in [3.8, 4) is 5.75 Å². The monoisotopic (exact) mass is 473 g/mol. The van der Waals surface area contributed by atoms with Crippen LogP contribution in [0.3, 0.4) is 0 Å². The number of nitrogens with zero attached hydrogens (tertiary/aromatic N) is 1. The number of rotatable bonds is 8. The largest absolute Gasteiger partial charge is 0.507 e. The Hall–Kier alpha value is -3.93. The first-order valence-corrected chi connectivity index (χ1v) is 11.8. The van der Waals surface area contributed by atoms with Crippen LogP contribution < -0.4 is 9.64 Å². The van der Waals surface area contributed by atoms with Gasteiger partial charge in [-0.15, -0.1) is 0 Å². The van der Waals surface area contributed by atoms with Crippen molar-refractivity contribution in [2.24, 2.45) is 0 Å². The van der Waals surface area contributed by atoms with Crippen molar-refractivity contribution < 1.29 is 23.8 Å². The van der Waals surface area contributed by atoms with Gasteiger partial charge < -0.3 is 9.84 Å². The molecule has 1 aliphatic rings. The number of Topliss-reactive ketones (excluding diaryl/α,β-unsaturated/α-hetero) is 1. The van der Waals surface area contributed by atoms with E-state index in [0.717, 1.165) is 24.8 Å². The summed E-state index contributed by atoms with van der Waals surface area (Å²) in [6, 6.07) is 18.7. The van der Waals surface area contributed by atoms with Crippen LogP contribution in [0, 0.1) is 12.7 Å². The highest BCUT2D eigenvalue weighted by atomic mass is 19.1. The summed E-state index contributed by atoms with van der Waals surface area (Å²) in [5.41, 5.74) is 2.30. The number of benzene rings is 3. The first kappa shape index (κ1) is 24.2. The van der Waals surface area contributed by atoms with Crippen LogP contribution in [-0.4, -0.2) is 23.4 Å². The summed E-state index contributed by atoms with van der Waals surface area (Å²) in [5.74, 6) is -1.60. The molecule has 5 nitrogen and oxygen atoms in total. The van der Waals surface area contributed by atoms with Crippen LogP contribution >= 0.6 is 0 Å². The Balaban J connectivity index is 1.75. The number of anilines is 1. The van der Waals surface area contributed by atoms with Crippen molar-refractivity contribution >= 4 is 23.1 Å².